The van der Waals surface area contributed by atoms with Gasteiger partial charge in [0.15, 0.2) is 0 Å². The molecule has 0 aromatic carbocycles. The van der Waals surface area contributed by atoms with Gasteiger partial charge in [0, 0.05) is 18.7 Å². The molecule has 2 rings (SSSR count). The second-order valence-electron chi connectivity index (χ2n) is 6.01. The quantitative estimate of drug-likeness (QED) is 0.793. The van der Waals surface area contributed by atoms with Crippen molar-refractivity contribution < 1.29 is 4.74 Å². The van der Waals surface area contributed by atoms with Gasteiger partial charge < -0.3 is 10.1 Å². The molecule has 2 heteroatoms. The molecule has 2 atom stereocenters. The summed E-state index contributed by atoms with van der Waals surface area (Å²) in [5.74, 6) is 1.01. The Morgan fingerprint density at radius 1 is 1.18 bits per heavy atom. The van der Waals surface area contributed by atoms with Crippen molar-refractivity contribution in [2.45, 2.75) is 83.4 Å². The molecule has 1 heterocycles. The zero-order chi connectivity index (χ0) is 12.1. The van der Waals surface area contributed by atoms with E-state index in [-0.39, 0.29) is 0 Å². The van der Waals surface area contributed by atoms with Gasteiger partial charge in [-0.15, -0.1) is 0 Å². The fourth-order valence-electron chi connectivity index (χ4n) is 3.50. The van der Waals surface area contributed by atoms with Crippen molar-refractivity contribution in [3.05, 3.63) is 0 Å². The third-order valence-corrected chi connectivity index (χ3v) is 4.56. The molecule has 0 aromatic heterocycles. The molecule has 1 N–H and O–H groups in total. The number of hydrogen-bond acceptors (Lipinski definition) is 2. The van der Waals surface area contributed by atoms with E-state index in [0.29, 0.717) is 12.1 Å². The van der Waals surface area contributed by atoms with Crippen LogP contribution >= 0.6 is 0 Å². The Labute approximate surface area is 107 Å². The van der Waals surface area contributed by atoms with Gasteiger partial charge in [0.05, 0.1) is 6.10 Å². The van der Waals surface area contributed by atoms with E-state index in [4.69, 9.17) is 4.74 Å². The lowest BCUT2D eigenvalue weighted by Gasteiger charge is -2.32. The van der Waals surface area contributed by atoms with Gasteiger partial charge in [0.25, 0.3) is 0 Å². The van der Waals surface area contributed by atoms with Crippen molar-refractivity contribution in [2.75, 3.05) is 6.61 Å². The minimum Gasteiger partial charge on any atom is -0.377 e. The van der Waals surface area contributed by atoms with Crippen LogP contribution in [-0.4, -0.2) is 24.8 Å². The van der Waals surface area contributed by atoms with Crippen LogP contribution in [0, 0.1) is 5.92 Å². The van der Waals surface area contributed by atoms with E-state index in [1.807, 2.05) is 0 Å². The van der Waals surface area contributed by atoms with Crippen LogP contribution in [0.5, 0.6) is 0 Å². The largest absolute Gasteiger partial charge is 0.377 e. The summed E-state index contributed by atoms with van der Waals surface area (Å²) in [7, 11) is 0. The summed E-state index contributed by atoms with van der Waals surface area (Å²) in [6, 6.07) is 1.30. The van der Waals surface area contributed by atoms with Crippen molar-refractivity contribution in [3.63, 3.8) is 0 Å². The fourth-order valence-corrected chi connectivity index (χ4v) is 3.50. The maximum atomic E-state index is 5.75. The predicted octanol–water partition coefficient (Wildman–Crippen LogP) is 3.50. The normalized spacial score (nSPS) is 36.0. The Hall–Kier alpha value is -0.0800. The molecule has 2 fully saturated rings. The summed E-state index contributed by atoms with van der Waals surface area (Å²) in [5, 5.41) is 3.80. The van der Waals surface area contributed by atoms with Crippen LogP contribution in [0.25, 0.3) is 0 Å². The molecule has 0 spiro atoms. The molecule has 17 heavy (non-hydrogen) atoms. The van der Waals surface area contributed by atoms with E-state index in [9.17, 15) is 0 Å². The summed E-state index contributed by atoms with van der Waals surface area (Å²) >= 11 is 0. The molecule has 1 saturated heterocycles. The molecule has 100 valence electrons. The van der Waals surface area contributed by atoms with Gasteiger partial charge in [-0.05, 0) is 51.4 Å². The Morgan fingerprint density at radius 2 is 1.94 bits per heavy atom. The Bertz CT molecular complexity index is 205. The molecule has 0 amide bonds. The lowest BCUT2D eigenvalue weighted by atomic mass is 9.83. The highest BCUT2D eigenvalue weighted by atomic mass is 16.5. The van der Waals surface area contributed by atoms with Gasteiger partial charge in [-0.25, -0.2) is 0 Å². The van der Waals surface area contributed by atoms with Crippen LogP contribution < -0.4 is 5.32 Å². The number of nitrogens with one attached hydrogen (secondary N) is 1. The zero-order valence-electron chi connectivity index (χ0n) is 11.6. The topological polar surface area (TPSA) is 21.3 Å². The molecule has 1 aliphatic carbocycles. The second kappa shape index (κ2) is 6.75. The van der Waals surface area contributed by atoms with Crippen molar-refractivity contribution in [3.8, 4) is 0 Å². The average Bonchev–Trinajstić information content (AvgIpc) is 2.86. The molecule has 2 nitrogen and oxygen atoms in total. The molecule has 1 saturated carbocycles. The van der Waals surface area contributed by atoms with E-state index in [1.165, 1.54) is 51.4 Å². The van der Waals surface area contributed by atoms with Crippen LogP contribution in [0.4, 0.5) is 0 Å². The van der Waals surface area contributed by atoms with Crippen molar-refractivity contribution >= 4 is 0 Å². The van der Waals surface area contributed by atoms with Crippen molar-refractivity contribution in [1.29, 1.82) is 0 Å². The monoisotopic (exact) mass is 239 g/mol. The molecular formula is C15H29NO. The minimum absolute atomic E-state index is 0.475. The van der Waals surface area contributed by atoms with E-state index in [0.717, 1.165) is 18.6 Å². The Morgan fingerprint density at radius 3 is 2.53 bits per heavy atom. The highest BCUT2D eigenvalue weighted by molar-refractivity contribution is 4.83. The standard InChI is InChI=1S/C15H29NO/c1-3-5-13-7-9-14(10-8-13)16-12(2)15-6-4-11-17-15/h12-16H,3-11H2,1-2H3. The van der Waals surface area contributed by atoms with Gasteiger partial charge in [0.2, 0.25) is 0 Å². The molecule has 0 bridgehead atoms. The van der Waals surface area contributed by atoms with Crippen LogP contribution in [0.2, 0.25) is 0 Å². The fraction of sp³-hybridized carbons (Fsp3) is 1.00. The van der Waals surface area contributed by atoms with Gasteiger partial charge in [-0.2, -0.15) is 0 Å². The first-order valence-corrected chi connectivity index (χ1v) is 7.67. The highest BCUT2D eigenvalue weighted by Gasteiger charge is 2.26. The van der Waals surface area contributed by atoms with Crippen molar-refractivity contribution in [1.82, 2.24) is 5.32 Å². The second-order valence-corrected chi connectivity index (χ2v) is 6.01. The first-order chi connectivity index (χ1) is 8.29. The van der Waals surface area contributed by atoms with Crippen LogP contribution in [0.1, 0.15) is 65.2 Å². The highest BCUT2D eigenvalue weighted by Crippen LogP contribution is 2.28. The van der Waals surface area contributed by atoms with Crippen molar-refractivity contribution in [2.24, 2.45) is 5.92 Å². The maximum Gasteiger partial charge on any atom is 0.0726 e. The number of hydrogen-bond donors (Lipinski definition) is 1. The summed E-state index contributed by atoms with van der Waals surface area (Å²) in [6.07, 6.45) is 11.4. The molecule has 2 unspecified atom stereocenters. The van der Waals surface area contributed by atoms with Crippen LogP contribution in [0.3, 0.4) is 0 Å². The van der Waals surface area contributed by atoms with E-state index in [1.54, 1.807) is 0 Å². The number of ether oxygens (including phenoxy) is 1. The van der Waals surface area contributed by atoms with E-state index < -0.39 is 0 Å². The molecule has 1 aliphatic heterocycles. The first kappa shape index (κ1) is 13.4. The minimum atomic E-state index is 0.475. The summed E-state index contributed by atoms with van der Waals surface area (Å²) < 4.78 is 5.75. The molecule has 0 aromatic rings. The summed E-state index contributed by atoms with van der Waals surface area (Å²) in [5.41, 5.74) is 0. The van der Waals surface area contributed by atoms with Crippen LogP contribution in [0.15, 0.2) is 0 Å². The van der Waals surface area contributed by atoms with E-state index >= 15 is 0 Å². The summed E-state index contributed by atoms with van der Waals surface area (Å²) in [4.78, 5) is 0. The average molecular weight is 239 g/mol. The van der Waals surface area contributed by atoms with Gasteiger partial charge in [0.1, 0.15) is 0 Å². The smallest absolute Gasteiger partial charge is 0.0726 e. The predicted molar refractivity (Wildman–Crippen MR) is 72.2 cm³/mol. The lowest BCUT2D eigenvalue weighted by molar-refractivity contribution is 0.0761. The maximum absolute atomic E-state index is 5.75. The van der Waals surface area contributed by atoms with Gasteiger partial charge >= 0.3 is 0 Å². The molecular weight excluding hydrogens is 210 g/mol. The zero-order valence-corrected chi connectivity index (χ0v) is 11.6. The first-order valence-electron chi connectivity index (χ1n) is 7.67. The van der Waals surface area contributed by atoms with Gasteiger partial charge in [-0.3, -0.25) is 0 Å². The van der Waals surface area contributed by atoms with Gasteiger partial charge in [-0.1, -0.05) is 19.8 Å². The van der Waals surface area contributed by atoms with E-state index in [2.05, 4.69) is 19.2 Å². The SMILES string of the molecule is CCCC1CCC(NC(C)C2CCCO2)CC1. The Kier molecular flexibility index (Phi) is 5.30. The lowest BCUT2D eigenvalue weighted by Crippen LogP contribution is -2.44. The third kappa shape index (κ3) is 3.96. The number of rotatable bonds is 5. The summed E-state index contributed by atoms with van der Waals surface area (Å²) in [6.45, 7) is 5.58. The Balaban J connectivity index is 1.66. The van der Waals surface area contributed by atoms with Crippen LogP contribution in [-0.2, 0) is 4.74 Å². The third-order valence-electron chi connectivity index (χ3n) is 4.56. The molecule has 2 aliphatic rings. The molecule has 0 radical (unpaired) electrons.